The van der Waals surface area contributed by atoms with E-state index in [9.17, 15) is 0 Å². The van der Waals surface area contributed by atoms with E-state index in [-0.39, 0.29) is 0 Å². The molecule has 66 valence electrons. The maximum Gasteiger partial charge on any atom is 0.134 e. The summed E-state index contributed by atoms with van der Waals surface area (Å²) in [6.07, 6.45) is 1.90. The van der Waals surface area contributed by atoms with Gasteiger partial charge in [0.15, 0.2) is 0 Å². The molecule has 1 N–H and O–H groups in total. The van der Waals surface area contributed by atoms with Gasteiger partial charge in [0.05, 0.1) is 0 Å². The summed E-state index contributed by atoms with van der Waals surface area (Å²) < 4.78 is 0. The van der Waals surface area contributed by atoms with E-state index in [2.05, 4.69) is 22.2 Å². The van der Waals surface area contributed by atoms with Crippen LogP contribution in [0.25, 0.3) is 0 Å². The molecule has 0 aliphatic carbocycles. The maximum atomic E-state index is 5.77. The highest BCUT2D eigenvalue weighted by Gasteiger charge is 2.00. The first-order chi connectivity index (χ1) is 5.76. The predicted octanol–water partition coefficient (Wildman–Crippen LogP) is 2.12. The van der Waals surface area contributed by atoms with Crippen LogP contribution >= 0.6 is 11.6 Å². The Morgan fingerprint density at radius 3 is 2.83 bits per heavy atom. The fourth-order valence-corrected chi connectivity index (χ4v) is 1.13. The Bertz CT molecular complexity index is 262. The van der Waals surface area contributed by atoms with Crippen molar-refractivity contribution in [1.29, 1.82) is 0 Å². The molecule has 12 heavy (non-hydrogen) atoms. The normalized spacial score (nSPS) is 9.92. The summed E-state index contributed by atoms with van der Waals surface area (Å²) in [6.45, 7) is 2.09. The molecule has 3 nitrogen and oxygen atoms in total. The van der Waals surface area contributed by atoms with Gasteiger partial charge in [-0.25, -0.2) is 9.97 Å². The molecule has 0 atom stereocenters. The minimum Gasteiger partial charge on any atom is -0.373 e. The Balaban J connectivity index is 2.90. The fraction of sp³-hybridized carbons (Fsp3) is 0.500. The van der Waals surface area contributed by atoms with E-state index in [1.54, 1.807) is 6.07 Å². The topological polar surface area (TPSA) is 37.8 Å². The van der Waals surface area contributed by atoms with Gasteiger partial charge in [0.1, 0.15) is 16.8 Å². The van der Waals surface area contributed by atoms with E-state index in [1.165, 1.54) is 0 Å². The largest absolute Gasteiger partial charge is 0.373 e. The number of rotatable bonds is 3. The summed E-state index contributed by atoms with van der Waals surface area (Å²) >= 11 is 5.77. The third-order valence-corrected chi connectivity index (χ3v) is 1.66. The van der Waals surface area contributed by atoms with Crippen LogP contribution in [0, 0.1) is 0 Å². The zero-order valence-corrected chi connectivity index (χ0v) is 8.02. The predicted molar refractivity (Wildman–Crippen MR) is 50.6 cm³/mol. The second-order valence-electron chi connectivity index (χ2n) is 2.49. The summed E-state index contributed by atoms with van der Waals surface area (Å²) in [7, 11) is 1.81. The molecule has 0 spiro atoms. The molecule has 0 aromatic carbocycles. The lowest BCUT2D eigenvalue weighted by molar-refractivity contribution is 0.836. The minimum atomic E-state index is 0.498. The quantitative estimate of drug-likeness (QED) is 0.734. The lowest BCUT2D eigenvalue weighted by Gasteiger charge is -2.02. The van der Waals surface area contributed by atoms with Crippen molar-refractivity contribution >= 4 is 17.4 Å². The molecule has 0 unspecified atom stereocenters. The Hall–Kier alpha value is -0.830. The summed E-state index contributed by atoms with van der Waals surface area (Å²) in [6, 6.07) is 1.71. The molecule has 1 rings (SSSR count). The molecule has 1 heterocycles. The average Bonchev–Trinajstić information content (AvgIpc) is 2.04. The molecule has 0 saturated carbocycles. The zero-order chi connectivity index (χ0) is 8.97. The second-order valence-corrected chi connectivity index (χ2v) is 2.88. The molecule has 1 aromatic rings. The Morgan fingerprint density at radius 2 is 2.25 bits per heavy atom. The van der Waals surface area contributed by atoms with E-state index >= 15 is 0 Å². The zero-order valence-electron chi connectivity index (χ0n) is 7.26. The highest BCUT2D eigenvalue weighted by molar-refractivity contribution is 6.29. The van der Waals surface area contributed by atoms with Gasteiger partial charge in [0, 0.05) is 19.5 Å². The van der Waals surface area contributed by atoms with Crippen molar-refractivity contribution in [2.24, 2.45) is 0 Å². The number of nitrogens with zero attached hydrogens (tertiary/aromatic N) is 2. The lowest BCUT2D eigenvalue weighted by Crippen LogP contribution is -1.99. The highest BCUT2D eigenvalue weighted by atomic mass is 35.5. The van der Waals surface area contributed by atoms with Gasteiger partial charge in [0.2, 0.25) is 0 Å². The van der Waals surface area contributed by atoms with Gasteiger partial charge in [-0.3, -0.25) is 0 Å². The standard InChI is InChI=1S/C8H12ClN3/c1-3-4-7-11-6(9)5-8(10-2)12-7/h5H,3-4H2,1-2H3,(H,10,11,12). The van der Waals surface area contributed by atoms with Gasteiger partial charge in [-0.1, -0.05) is 18.5 Å². The van der Waals surface area contributed by atoms with Crippen LogP contribution in [0.4, 0.5) is 5.82 Å². The molecule has 0 bridgehead atoms. The van der Waals surface area contributed by atoms with Crippen LogP contribution in [0.5, 0.6) is 0 Å². The first-order valence-electron chi connectivity index (χ1n) is 3.97. The summed E-state index contributed by atoms with van der Waals surface area (Å²) in [5, 5.41) is 3.43. The molecule has 0 fully saturated rings. The average molecular weight is 186 g/mol. The molecular formula is C8H12ClN3. The van der Waals surface area contributed by atoms with Gasteiger partial charge < -0.3 is 5.32 Å². The third kappa shape index (κ3) is 2.34. The van der Waals surface area contributed by atoms with Gasteiger partial charge in [0.25, 0.3) is 0 Å². The number of aromatic nitrogens is 2. The lowest BCUT2D eigenvalue weighted by atomic mass is 10.3. The van der Waals surface area contributed by atoms with Crippen LogP contribution in [0.2, 0.25) is 5.15 Å². The Morgan fingerprint density at radius 1 is 1.50 bits per heavy atom. The molecule has 0 saturated heterocycles. The maximum absolute atomic E-state index is 5.77. The number of anilines is 1. The van der Waals surface area contributed by atoms with Crippen molar-refractivity contribution in [2.75, 3.05) is 12.4 Å². The second kappa shape index (κ2) is 4.26. The van der Waals surface area contributed by atoms with Gasteiger partial charge in [-0.05, 0) is 6.42 Å². The van der Waals surface area contributed by atoms with Crippen molar-refractivity contribution in [3.63, 3.8) is 0 Å². The van der Waals surface area contributed by atoms with E-state index in [1.807, 2.05) is 7.05 Å². The fourth-order valence-electron chi connectivity index (χ4n) is 0.928. The molecule has 1 aromatic heterocycles. The molecule has 0 amide bonds. The minimum absolute atomic E-state index is 0.498. The third-order valence-electron chi connectivity index (χ3n) is 1.47. The molecule has 4 heteroatoms. The van der Waals surface area contributed by atoms with Crippen LogP contribution in [0.15, 0.2) is 6.07 Å². The number of halogens is 1. The van der Waals surface area contributed by atoms with Crippen LogP contribution in [0.3, 0.4) is 0 Å². The van der Waals surface area contributed by atoms with Crippen molar-refractivity contribution in [3.8, 4) is 0 Å². The number of nitrogens with one attached hydrogen (secondary N) is 1. The SMILES string of the molecule is CCCc1nc(Cl)cc(NC)n1. The van der Waals surface area contributed by atoms with E-state index in [0.29, 0.717) is 5.15 Å². The van der Waals surface area contributed by atoms with Gasteiger partial charge in [-0.15, -0.1) is 0 Å². The van der Waals surface area contributed by atoms with Crippen molar-refractivity contribution < 1.29 is 0 Å². The van der Waals surface area contributed by atoms with Crippen molar-refractivity contribution in [3.05, 3.63) is 17.0 Å². The van der Waals surface area contributed by atoms with Crippen molar-refractivity contribution in [2.45, 2.75) is 19.8 Å². The molecule has 0 radical (unpaired) electrons. The van der Waals surface area contributed by atoms with Gasteiger partial charge in [-0.2, -0.15) is 0 Å². The molecule has 0 aliphatic heterocycles. The number of hydrogen-bond acceptors (Lipinski definition) is 3. The summed E-state index contributed by atoms with van der Waals surface area (Å²) in [4.78, 5) is 8.32. The first-order valence-corrected chi connectivity index (χ1v) is 4.35. The number of aryl methyl sites for hydroxylation is 1. The smallest absolute Gasteiger partial charge is 0.134 e. The van der Waals surface area contributed by atoms with Crippen LogP contribution in [-0.4, -0.2) is 17.0 Å². The molecule has 0 aliphatic rings. The number of hydrogen-bond donors (Lipinski definition) is 1. The highest BCUT2D eigenvalue weighted by Crippen LogP contribution is 2.11. The van der Waals surface area contributed by atoms with E-state index in [4.69, 9.17) is 11.6 Å². The Labute approximate surface area is 77.2 Å². The first kappa shape index (κ1) is 9.26. The van der Waals surface area contributed by atoms with Gasteiger partial charge >= 0.3 is 0 Å². The van der Waals surface area contributed by atoms with Crippen LogP contribution in [0.1, 0.15) is 19.2 Å². The van der Waals surface area contributed by atoms with E-state index in [0.717, 1.165) is 24.5 Å². The summed E-state index contributed by atoms with van der Waals surface area (Å²) in [5.74, 6) is 1.58. The van der Waals surface area contributed by atoms with Crippen molar-refractivity contribution in [1.82, 2.24) is 9.97 Å². The monoisotopic (exact) mass is 185 g/mol. The molecular weight excluding hydrogens is 174 g/mol. The Kier molecular flexibility index (Phi) is 3.29. The summed E-state index contributed by atoms with van der Waals surface area (Å²) in [5.41, 5.74) is 0. The van der Waals surface area contributed by atoms with E-state index < -0.39 is 0 Å². The van der Waals surface area contributed by atoms with Crippen LogP contribution < -0.4 is 5.32 Å². The van der Waals surface area contributed by atoms with Crippen LogP contribution in [-0.2, 0) is 6.42 Å².